The van der Waals surface area contributed by atoms with E-state index in [1.807, 2.05) is 43.3 Å². The van der Waals surface area contributed by atoms with Crippen LogP contribution in [-0.2, 0) is 11.3 Å². The Balaban J connectivity index is 1.70. The molecule has 0 unspecified atom stereocenters. The summed E-state index contributed by atoms with van der Waals surface area (Å²) in [4.78, 5) is 26.5. The van der Waals surface area contributed by atoms with E-state index in [4.69, 9.17) is 11.6 Å². The second kappa shape index (κ2) is 7.72. The first-order chi connectivity index (χ1) is 12.5. The second-order valence-corrected chi connectivity index (χ2v) is 6.58. The molecule has 0 bridgehead atoms. The van der Waals surface area contributed by atoms with Gasteiger partial charge >= 0.3 is 5.69 Å². The highest BCUT2D eigenvalue weighted by Gasteiger charge is 2.18. The summed E-state index contributed by atoms with van der Waals surface area (Å²) in [6.07, 6.45) is 1.62. The second-order valence-electron chi connectivity index (χ2n) is 6.17. The lowest BCUT2D eigenvalue weighted by Gasteiger charge is -2.25. The number of amides is 1. The summed E-state index contributed by atoms with van der Waals surface area (Å²) in [5.74, 6) is -0.283. The van der Waals surface area contributed by atoms with Crippen molar-refractivity contribution in [1.82, 2.24) is 24.4 Å². The number of halogens is 1. The van der Waals surface area contributed by atoms with Gasteiger partial charge in [0.15, 0.2) is 5.65 Å². The van der Waals surface area contributed by atoms with Crippen LogP contribution in [0, 0.1) is 0 Å². The third-order valence-electron chi connectivity index (χ3n) is 4.16. The fourth-order valence-corrected chi connectivity index (χ4v) is 3.05. The third-order valence-corrected chi connectivity index (χ3v) is 4.51. The molecule has 1 aromatic carbocycles. The molecule has 3 rings (SSSR count). The molecule has 1 atom stereocenters. The minimum Gasteiger partial charge on any atom is -0.353 e. The molecule has 2 aromatic heterocycles. The number of benzene rings is 1. The number of nitrogens with zero attached hydrogens (tertiary/aromatic N) is 4. The van der Waals surface area contributed by atoms with Gasteiger partial charge < -0.3 is 10.2 Å². The Morgan fingerprint density at radius 2 is 1.96 bits per heavy atom. The predicted molar refractivity (Wildman–Crippen MR) is 100 cm³/mol. The number of fused-ring (bicyclic) bond motifs is 1. The number of rotatable bonds is 6. The maximum atomic E-state index is 12.3. The Morgan fingerprint density at radius 3 is 2.65 bits per heavy atom. The van der Waals surface area contributed by atoms with Gasteiger partial charge in [0.25, 0.3) is 0 Å². The highest BCUT2D eigenvalue weighted by molar-refractivity contribution is 6.31. The zero-order chi connectivity index (χ0) is 18.7. The number of hydrogen-bond donors (Lipinski definition) is 1. The number of aromatic nitrogens is 3. The van der Waals surface area contributed by atoms with Gasteiger partial charge in [0, 0.05) is 17.8 Å². The van der Waals surface area contributed by atoms with Crippen molar-refractivity contribution in [3.8, 4) is 0 Å². The fourth-order valence-electron chi connectivity index (χ4n) is 2.79. The normalized spacial score (nSPS) is 12.5. The van der Waals surface area contributed by atoms with Crippen LogP contribution in [0.25, 0.3) is 5.65 Å². The van der Waals surface area contributed by atoms with Crippen LogP contribution in [0.3, 0.4) is 0 Å². The lowest BCUT2D eigenvalue weighted by atomic mass is 10.1. The van der Waals surface area contributed by atoms with E-state index in [9.17, 15) is 9.59 Å². The Kier molecular flexibility index (Phi) is 5.39. The number of carbonyl (C=O) groups is 1. The maximum absolute atomic E-state index is 12.3. The summed E-state index contributed by atoms with van der Waals surface area (Å²) < 4.78 is 2.56. The molecule has 8 heteroatoms. The molecule has 0 saturated heterocycles. The first-order valence-electron chi connectivity index (χ1n) is 8.19. The standard InChI is InChI=1S/C18H20ClN5O2/c1-22(2)15(13-7-3-4-8-14(13)19)11-20-17(25)12-24-18(26)23-10-6-5-9-16(23)21-24/h3-10,15H,11-12H2,1-2H3,(H,20,25)/t15-/m1/s1. The first kappa shape index (κ1) is 18.2. The minimum absolute atomic E-state index is 0.0783. The average Bonchev–Trinajstić information content (AvgIpc) is 2.92. The molecule has 0 aliphatic heterocycles. The fraction of sp³-hybridized carbons (Fsp3) is 0.278. The third kappa shape index (κ3) is 3.79. The summed E-state index contributed by atoms with van der Waals surface area (Å²) in [6.45, 7) is 0.237. The van der Waals surface area contributed by atoms with Crippen LogP contribution >= 0.6 is 11.6 Å². The molecule has 136 valence electrons. The van der Waals surface area contributed by atoms with E-state index in [2.05, 4.69) is 10.4 Å². The van der Waals surface area contributed by atoms with Crippen LogP contribution in [0.2, 0.25) is 5.02 Å². The Morgan fingerprint density at radius 1 is 1.23 bits per heavy atom. The van der Waals surface area contributed by atoms with Gasteiger partial charge in [-0.3, -0.25) is 9.20 Å². The van der Waals surface area contributed by atoms with Crippen LogP contribution in [0.4, 0.5) is 0 Å². The molecule has 3 aromatic rings. The summed E-state index contributed by atoms with van der Waals surface area (Å²) >= 11 is 6.28. The molecule has 0 radical (unpaired) electrons. The van der Waals surface area contributed by atoms with Crippen LogP contribution in [0.1, 0.15) is 11.6 Å². The molecule has 0 aliphatic rings. The van der Waals surface area contributed by atoms with Crippen molar-refractivity contribution in [2.24, 2.45) is 0 Å². The average molecular weight is 374 g/mol. The van der Waals surface area contributed by atoms with Crippen LogP contribution < -0.4 is 11.0 Å². The number of pyridine rings is 1. The molecule has 1 amide bonds. The lowest BCUT2D eigenvalue weighted by molar-refractivity contribution is -0.122. The zero-order valence-corrected chi connectivity index (χ0v) is 15.3. The quantitative estimate of drug-likeness (QED) is 0.712. The van der Waals surface area contributed by atoms with Crippen LogP contribution in [0.5, 0.6) is 0 Å². The SMILES string of the molecule is CN(C)[C@H](CNC(=O)Cn1nc2ccccn2c1=O)c1ccccc1Cl. The zero-order valence-electron chi connectivity index (χ0n) is 14.6. The van der Waals surface area contributed by atoms with E-state index in [1.165, 1.54) is 4.40 Å². The van der Waals surface area contributed by atoms with Gasteiger partial charge in [-0.15, -0.1) is 5.10 Å². The van der Waals surface area contributed by atoms with Gasteiger partial charge in [0.05, 0.1) is 6.04 Å². The van der Waals surface area contributed by atoms with Crippen molar-refractivity contribution < 1.29 is 4.79 Å². The topological polar surface area (TPSA) is 71.6 Å². The van der Waals surface area contributed by atoms with Gasteiger partial charge in [-0.25, -0.2) is 9.48 Å². The number of hydrogen-bond acceptors (Lipinski definition) is 4. The monoisotopic (exact) mass is 373 g/mol. The molecule has 0 fully saturated rings. The molecule has 26 heavy (non-hydrogen) atoms. The minimum atomic E-state index is -0.342. The number of nitrogens with one attached hydrogen (secondary N) is 1. The van der Waals surface area contributed by atoms with Crippen molar-refractivity contribution in [2.45, 2.75) is 12.6 Å². The van der Waals surface area contributed by atoms with E-state index < -0.39 is 0 Å². The molecular weight excluding hydrogens is 354 g/mol. The highest BCUT2D eigenvalue weighted by Crippen LogP contribution is 2.25. The molecule has 2 heterocycles. The highest BCUT2D eigenvalue weighted by atomic mass is 35.5. The van der Waals surface area contributed by atoms with Crippen molar-refractivity contribution >= 4 is 23.2 Å². The van der Waals surface area contributed by atoms with E-state index in [0.717, 1.165) is 10.2 Å². The summed E-state index contributed by atoms with van der Waals surface area (Å²) in [6, 6.07) is 12.7. The summed E-state index contributed by atoms with van der Waals surface area (Å²) in [5.41, 5.74) is 1.10. The van der Waals surface area contributed by atoms with Gasteiger partial charge in [0.1, 0.15) is 6.54 Å². The van der Waals surface area contributed by atoms with E-state index in [-0.39, 0.29) is 24.2 Å². The van der Waals surface area contributed by atoms with Gasteiger partial charge in [-0.05, 0) is 37.9 Å². The van der Waals surface area contributed by atoms with Gasteiger partial charge in [-0.1, -0.05) is 35.9 Å². The Labute approximate surface area is 155 Å². The van der Waals surface area contributed by atoms with Crippen molar-refractivity contribution in [1.29, 1.82) is 0 Å². The Bertz CT molecular complexity index is 979. The maximum Gasteiger partial charge on any atom is 0.350 e. The molecule has 0 saturated carbocycles. The molecule has 7 nitrogen and oxygen atoms in total. The van der Waals surface area contributed by atoms with Crippen molar-refractivity contribution in [2.75, 3.05) is 20.6 Å². The van der Waals surface area contributed by atoms with Gasteiger partial charge in [-0.2, -0.15) is 0 Å². The Hall–Kier alpha value is -2.64. The molecule has 0 spiro atoms. The largest absolute Gasteiger partial charge is 0.353 e. The number of carbonyl (C=O) groups excluding carboxylic acids is 1. The molecule has 0 aliphatic carbocycles. The van der Waals surface area contributed by atoms with E-state index in [1.54, 1.807) is 24.4 Å². The van der Waals surface area contributed by atoms with Crippen molar-refractivity contribution in [3.63, 3.8) is 0 Å². The number of likely N-dealkylation sites (N-methyl/N-ethyl adjacent to an activating group) is 1. The van der Waals surface area contributed by atoms with Crippen LogP contribution in [0.15, 0.2) is 53.5 Å². The predicted octanol–water partition coefficient (Wildman–Crippen LogP) is 1.57. The molecule has 1 N–H and O–H groups in total. The van der Waals surface area contributed by atoms with Gasteiger partial charge in [0.2, 0.25) is 5.91 Å². The van der Waals surface area contributed by atoms with E-state index in [0.29, 0.717) is 17.2 Å². The first-order valence-corrected chi connectivity index (χ1v) is 8.57. The van der Waals surface area contributed by atoms with Crippen LogP contribution in [-0.4, -0.2) is 45.6 Å². The summed E-state index contributed by atoms with van der Waals surface area (Å²) in [5, 5.41) is 7.67. The van der Waals surface area contributed by atoms with E-state index >= 15 is 0 Å². The summed E-state index contributed by atoms with van der Waals surface area (Å²) in [7, 11) is 3.85. The molecular formula is C18H20ClN5O2. The van der Waals surface area contributed by atoms with Crippen molar-refractivity contribution in [3.05, 3.63) is 69.7 Å². The lowest BCUT2D eigenvalue weighted by Crippen LogP contribution is -2.38. The smallest absolute Gasteiger partial charge is 0.350 e.